The van der Waals surface area contributed by atoms with Crippen molar-refractivity contribution in [3.63, 3.8) is 0 Å². The first kappa shape index (κ1) is 16.4. The van der Waals surface area contributed by atoms with Crippen molar-refractivity contribution in [3.8, 4) is 0 Å². The van der Waals surface area contributed by atoms with Crippen molar-refractivity contribution in [1.82, 2.24) is 5.32 Å². The number of hydrogen-bond acceptors (Lipinski definition) is 2. The lowest BCUT2D eigenvalue weighted by molar-refractivity contribution is 0.295. The van der Waals surface area contributed by atoms with Crippen LogP contribution >= 0.6 is 27.7 Å². The maximum atomic E-state index is 3.77. The number of benzene rings is 1. The summed E-state index contributed by atoms with van der Waals surface area (Å²) in [5.41, 5.74) is 0. The van der Waals surface area contributed by atoms with Gasteiger partial charge in [-0.15, -0.1) is 11.8 Å². The summed E-state index contributed by atoms with van der Waals surface area (Å²) in [4.78, 5) is 1.40. The van der Waals surface area contributed by atoms with E-state index in [1.54, 1.807) is 0 Å². The molecule has 2 rings (SSSR count). The van der Waals surface area contributed by atoms with Crippen LogP contribution in [-0.4, -0.2) is 17.8 Å². The van der Waals surface area contributed by atoms with Gasteiger partial charge in [0.15, 0.2) is 0 Å². The topological polar surface area (TPSA) is 12.0 Å². The molecule has 1 aromatic rings. The van der Waals surface area contributed by atoms with Gasteiger partial charge in [0.25, 0.3) is 0 Å². The van der Waals surface area contributed by atoms with E-state index in [1.165, 1.54) is 37.0 Å². The Hall–Kier alpha value is 0.01000. The molecular weight excluding hydrogens is 330 g/mol. The second kappa shape index (κ2) is 8.45. The van der Waals surface area contributed by atoms with Gasteiger partial charge in [-0.1, -0.05) is 36.2 Å². The van der Waals surface area contributed by atoms with E-state index in [2.05, 4.69) is 71.1 Å². The first-order valence-corrected chi connectivity index (χ1v) is 9.55. The summed E-state index contributed by atoms with van der Waals surface area (Å²) in [5.74, 6) is 0.919. The molecule has 1 aliphatic carbocycles. The van der Waals surface area contributed by atoms with E-state index in [-0.39, 0.29) is 0 Å². The van der Waals surface area contributed by atoms with Crippen molar-refractivity contribution in [3.05, 3.63) is 28.7 Å². The van der Waals surface area contributed by atoms with Crippen LogP contribution in [0.3, 0.4) is 0 Å². The molecule has 0 heterocycles. The van der Waals surface area contributed by atoms with Gasteiger partial charge in [-0.25, -0.2) is 0 Å². The SMILES string of the molecule is CCCNC1CCC(CC)CC1Sc1ccc(Br)cc1. The molecule has 20 heavy (non-hydrogen) atoms. The van der Waals surface area contributed by atoms with Crippen molar-refractivity contribution in [2.24, 2.45) is 5.92 Å². The molecule has 0 bridgehead atoms. The molecule has 1 nitrogen and oxygen atoms in total. The molecule has 0 spiro atoms. The molecule has 0 aromatic heterocycles. The average Bonchev–Trinajstić information content (AvgIpc) is 2.48. The monoisotopic (exact) mass is 355 g/mol. The zero-order chi connectivity index (χ0) is 14.4. The lowest BCUT2D eigenvalue weighted by atomic mass is 9.84. The molecule has 112 valence electrons. The molecule has 0 aliphatic heterocycles. The van der Waals surface area contributed by atoms with Crippen molar-refractivity contribution < 1.29 is 0 Å². The molecule has 1 aromatic carbocycles. The third kappa shape index (κ3) is 4.78. The van der Waals surface area contributed by atoms with Crippen LogP contribution in [0.5, 0.6) is 0 Å². The fourth-order valence-corrected chi connectivity index (χ4v) is 4.64. The summed E-state index contributed by atoms with van der Waals surface area (Å²) >= 11 is 5.58. The van der Waals surface area contributed by atoms with Crippen LogP contribution in [-0.2, 0) is 0 Å². The molecule has 1 N–H and O–H groups in total. The molecule has 1 fully saturated rings. The second-order valence-electron chi connectivity index (χ2n) is 5.76. The van der Waals surface area contributed by atoms with Crippen molar-refractivity contribution in [2.75, 3.05) is 6.54 Å². The zero-order valence-electron chi connectivity index (χ0n) is 12.6. The Balaban J connectivity index is 2.00. The molecule has 3 heteroatoms. The predicted octanol–water partition coefficient (Wildman–Crippen LogP) is 5.49. The smallest absolute Gasteiger partial charge is 0.0251 e. The van der Waals surface area contributed by atoms with Crippen LogP contribution in [0.4, 0.5) is 0 Å². The van der Waals surface area contributed by atoms with E-state index >= 15 is 0 Å². The minimum absolute atomic E-state index is 0.686. The molecular formula is C17H26BrNS. The van der Waals surface area contributed by atoms with E-state index in [4.69, 9.17) is 0 Å². The summed E-state index contributed by atoms with van der Waals surface area (Å²) in [6.07, 6.45) is 6.65. The zero-order valence-corrected chi connectivity index (χ0v) is 15.0. The van der Waals surface area contributed by atoms with Crippen molar-refractivity contribution in [1.29, 1.82) is 0 Å². The third-order valence-electron chi connectivity index (χ3n) is 4.24. The van der Waals surface area contributed by atoms with E-state index in [0.29, 0.717) is 6.04 Å². The molecule has 0 amide bonds. The highest BCUT2D eigenvalue weighted by Crippen LogP contribution is 2.37. The number of nitrogens with one attached hydrogen (secondary N) is 1. The Morgan fingerprint density at radius 2 is 1.95 bits per heavy atom. The highest BCUT2D eigenvalue weighted by Gasteiger charge is 2.29. The first-order valence-electron chi connectivity index (χ1n) is 7.88. The summed E-state index contributed by atoms with van der Waals surface area (Å²) < 4.78 is 1.16. The van der Waals surface area contributed by atoms with Gasteiger partial charge in [-0.3, -0.25) is 0 Å². The van der Waals surface area contributed by atoms with Gasteiger partial charge in [0.05, 0.1) is 0 Å². The van der Waals surface area contributed by atoms with Crippen LogP contribution in [0.15, 0.2) is 33.6 Å². The molecule has 0 radical (unpaired) electrons. The summed E-state index contributed by atoms with van der Waals surface area (Å²) in [5, 5.41) is 4.49. The van der Waals surface area contributed by atoms with E-state index < -0.39 is 0 Å². The van der Waals surface area contributed by atoms with Gasteiger partial charge < -0.3 is 5.32 Å². The largest absolute Gasteiger partial charge is 0.313 e. The van der Waals surface area contributed by atoms with Gasteiger partial charge in [0.2, 0.25) is 0 Å². The van der Waals surface area contributed by atoms with Crippen LogP contribution in [0.25, 0.3) is 0 Å². The third-order valence-corrected chi connectivity index (χ3v) is 6.13. The number of halogens is 1. The predicted molar refractivity (Wildman–Crippen MR) is 93.5 cm³/mol. The molecule has 3 atom stereocenters. The Bertz CT molecular complexity index is 392. The van der Waals surface area contributed by atoms with Crippen LogP contribution in [0.1, 0.15) is 46.0 Å². The fraction of sp³-hybridized carbons (Fsp3) is 0.647. The molecule has 0 saturated heterocycles. The Kier molecular flexibility index (Phi) is 6.92. The minimum atomic E-state index is 0.686. The summed E-state index contributed by atoms with van der Waals surface area (Å²) in [7, 11) is 0. The Labute approximate surface area is 136 Å². The van der Waals surface area contributed by atoms with Gasteiger partial charge in [-0.2, -0.15) is 0 Å². The molecule has 1 saturated carbocycles. The average molecular weight is 356 g/mol. The minimum Gasteiger partial charge on any atom is -0.313 e. The number of rotatable bonds is 6. The highest BCUT2D eigenvalue weighted by atomic mass is 79.9. The standard InChI is InChI=1S/C17H26BrNS/c1-3-11-19-16-10-5-13(4-2)12-17(16)20-15-8-6-14(18)7-9-15/h6-9,13,16-17,19H,3-5,10-12H2,1-2H3. The number of thioether (sulfide) groups is 1. The van der Waals surface area contributed by atoms with Crippen LogP contribution < -0.4 is 5.32 Å². The van der Waals surface area contributed by atoms with E-state index in [0.717, 1.165) is 22.2 Å². The summed E-state index contributed by atoms with van der Waals surface area (Å²) in [6, 6.07) is 9.46. The normalized spacial score (nSPS) is 26.6. The van der Waals surface area contributed by atoms with Crippen LogP contribution in [0.2, 0.25) is 0 Å². The van der Waals surface area contributed by atoms with Gasteiger partial charge in [0.1, 0.15) is 0 Å². The highest BCUT2D eigenvalue weighted by molar-refractivity contribution is 9.10. The van der Waals surface area contributed by atoms with Gasteiger partial charge >= 0.3 is 0 Å². The molecule has 3 unspecified atom stereocenters. The lowest BCUT2D eigenvalue weighted by Crippen LogP contribution is -2.42. The number of hydrogen-bond donors (Lipinski definition) is 1. The quantitative estimate of drug-likeness (QED) is 0.723. The van der Waals surface area contributed by atoms with Gasteiger partial charge in [0, 0.05) is 20.7 Å². The Morgan fingerprint density at radius 1 is 1.20 bits per heavy atom. The lowest BCUT2D eigenvalue weighted by Gasteiger charge is -2.36. The first-order chi connectivity index (χ1) is 9.72. The summed E-state index contributed by atoms with van der Waals surface area (Å²) in [6.45, 7) is 5.74. The van der Waals surface area contributed by atoms with Crippen molar-refractivity contribution in [2.45, 2.75) is 62.1 Å². The fourth-order valence-electron chi connectivity index (χ4n) is 2.96. The van der Waals surface area contributed by atoms with Crippen LogP contribution in [0, 0.1) is 5.92 Å². The van der Waals surface area contributed by atoms with Crippen molar-refractivity contribution >= 4 is 27.7 Å². The maximum absolute atomic E-state index is 3.77. The molecule has 1 aliphatic rings. The second-order valence-corrected chi connectivity index (χ2v) is 7.99. The Morgan fingerprint density at radius 3 is 2.60 bits per heavy atom. The van der Waals surface area contributed by atoms with E-state index in [1.807, 2.05) is 0 Å². The van der Waals surface area contributed by atoms with E-state index in [9.17, 15) is 0 Å². The maximum Gasteiger partial charge on any atom is 0.0251 e. The van der Waals surface area contributed by atoms with Gasteiger partial charge in [-0.05, 0) is 62.4 Å².